The van der Waals surface area contributed by atoms with Gasteiger partial charge in [-0.15, -0.1) is 0 Å². The second-order valence-corrected chi connectivity index (χ2v) is 9.10. The molecule has 1 aromatic carbocycles. The van der Waals surface area contributed by atoms with Gasteiger partial charge in [-0.1, -0.05) is 57.9 Å². The topological polar surface area (TPSA) is 9.23 Å². The number of ether oxygens (including phenoxy) is 1. The molecule has 1 nitrogen and oxygen atoms in total. The van der Waals surface area contributed by atoms with Gasteiger partial charge in [0.2, 0.25) is 0 Å². The number of benzene rings is 1. The largest absolute Gasteiger partial charge is 0.368 e. The molecule has 1 aliphatic heterocycles. The first-order chi connectivity index (χ1) is 10.2. The second-order valence-electron chi connectivity index (χ2n) is 9.10. The van der Waals surface area contributed by atoms with E-state index in [9.17, 15) is 0 Å². The predicted octanol–water partition coefficient (Wildman–Crippen LogP) is 5.97. The number of hydrogen-bond donors (Lipinski definition) is 0. The highest BCUT2D eigenvalue weighted by molar-refractivity contribution is 5.32. The molecular formula is C21H32O. The first-order valence-corrected chi connectivity index (χ1v) is 9.03. The van der Waals surface area contributed by atoms with Crippen molar-refractivity contribution in [3.05, 3.63) is 35.4 Å². The van der Waals surface area contributed by atoms with Crippen LogP contribution in [0.25, 0.3) is 0 Å². The van der Waals surface area contributed by atoms with Crippen LogP contribution in [0.1, 0.15) is 90.2 Å². The van der Waals surface area contributed by atoms with Gasteiger partial charge in [0.15, 0.2) is 0 Å². The lowest BCUT2D eigenvalue weighted by Crippen LogP contribution is -2.40. The van der Waals surface area contributed by atoms with Gasteiger partial charge in [0.25, 0.3) is 0 Å². The van der Waals surface area contributed by atoms with Crippen molar-refractivity contribution < 1.29 is 4.74 Å². The fourth-order valence-electron chi connectivity index (χ4n) is 4.48. The maximum absolute atomic E-state index is 6.64. The van der Waals surface area contributed by atoms with E-state index in [-0.39, 0.29) is 16.6 Å². The molecule has 1 saturated heterocycles. The van der Waals surface area contributed by atoms with Gasteiger partial charge in [-0.3, -0.25) is 0 Å². The summed E-state index contributed by atoms with van der Waals surface area (Å²) in [6.07, 6.45) is 7.62. The summed E-state index contributed by atoms with van der Waals surface area (Å²) in [5.41, 5.74) is 3.31. The Bertz CT molecular complexity index is 520. The van der Waals surface area contributed by atoms with Crippen LogP contribution < -0.4 is 0 Å². The smallest absolute Gasteiger partial charge is 0.0759 e. The van der Waals surface area contributed by atoms with E-state index in [2.05, 4.69) is 58.9 Å². The van der Waals surface area contributed by atoms with Crippen molar-refractivity contribution in [2.75, 3.05) is 0 Å². The van der Waals surface area contributed by atoms with Crippen molar-refractivity contribution in [1.29, 1.82) is 0 Å². The lowest BCUT2D eigenvalue weighted by molar-refractivity contribution is -0.114. The van der Waals surface area contributed by atoms with E-state index >= 15 is 0 Å². The lowest BCUT2D eigenvalue weighted by atomic mass is 9.70. The first kappa shape index (κ1) is 16.1. The van der Waals surface area contributed by atoms with Gasteiger partial charge >= 0.3 is 0 Å². The highest BCUT2D eigenvalue weighted by atomic mass is 16.5. The van der Waals surface area contributed by atoms with Crippen molar-refractivity contribution in [2.45, 2.75) is 95.7 Å². The molecule has 0 bridgehead atoms. The lowest BCUT2D eigenvalue weighted by Gasteiger charge is -2.42. The fourth-order valence-corrected chi connectivity index (χ4v) is 4.48. The molecular weight excluding hydrogens is 268 g/mol. The van der Waals surface area contributed by atoms with Crippen LogP contribution >= 0.6 is 0 Å². The Balaban J connectivity index is 1.89. The Kier molecular flexibility index (Phi) is 3.92. The predicted molar refractivity (Wildman–Crippen MR) is 93.5 cm³/mol. The molecule has 1 spiro atoms. The summed E-state index contributed by atoms with van der Waals surface area (Å²) in [7, 11) is 0. The molecule has 1 aromatic rings. The molecule has 2 fully saturated rings. The van der Waals surface area contributed by atoms with Crippen LogP contribution in [0.2, 0.25) is 0 Å². The quantitative estimate of drug-likeness (QED) is 0.621. The molecule has 1 heteroatoms. The summed E-state index contributed by atoms with van der Waals surface area (Å²) >= 11 is 0. The van der Waals surface area contributed by atoms with Gasteiger partial charge in [-0.25, -0.2) is 0 Å². The average Bonchev–Trinajstić information content (AvgIpc) is 2.74. The minimum absolute atomic E-state index is 0.0565. The summed E-state index contributed by atoms with van der Waals surface area (Å²) in [5.74, 6) is 0.581. The number of rotatable bonds is 1. The normalized spacial score (nSPS) is 31.6. The van der Waals surface area contributed by atoms with Crippen LogP contribution in [-0.4, -0.2) is 11.2 Å². The van der Waals surface area contributed by atoms with Crippen molar-refractivity contribution >= 4 is 0 Å². The number of hydrogen-bond acceptors (Lipinski definition) is 1. The maximum atomic E-state index is 6.64. The van der Waals surface area contributed by atoms with Crippen molar-refractivity contribution in [3.8, 4) is 0 Å². The molecule has 22 heavy (non-hydrogen) atoms. The molecule has 0 amide bonds. The third kappa shape index (κ3) is 2.97. The van der Waals surface area contributed by atoms with Crippen LogP contribution in [0.5, 0.6) is 0 Å². The molecule has 1 aliphatic carbocycles. The molecule has 3 rings (SSSR count). The molecule has 0 radical (unpaired) electrons. The van der Waals surface area contributed by atoms with Crippen LogP contribution in [0.15, 0.2) is 24.3 Å². The summed E-state index contributed by atoms with van der Waals surface area (Å²) in [6.45, 7) is 11.4. The Morgan fingerprint density at radius 3 is 2.18 bits per heavy atom. The third-order valence-electron chi connectivity index (χ3n) is 5.79. The third-order valence-corrected chi connectivity index (χ3v) is 5.79. The average molecular weight is 300 g/mol. The molecule has 2 atom stereocenters. The van der Waals surface area contributed by atoms with Crippen LogP contribution in [0.3, 0.4) is 0 Å². The van der Waals surface area contributed by atoms with Crippen LogP contribution in [0.4, 0.5) is 0 Å². The second kappa shape index (κ2) is 5.37. The van der Waals surface area contributed by atoms with Gasteiger partial charge in [-0.2, -0.15) is 0 Å². The Hall–Kier alpha value is -0.820. The summed E-state index contributed by atoms with van der Waals surface area (Å²) in [5, 5.41) is 0. The highest BCUT2D eigenvalue weighted by Gasteiger charge is 2.50. The molecule has 1 saturated carbocycles. The Labute approximate surface area is 136 Å². The van der Waals surface area contributed by atoms with E-state index in [0.29, 0.717) is 5.92 Å². The van der Waals surface area contributed by atoms with Crippen molar-refractivity contribution in [3.63, 3.8) is 0 Å². The van der Waals surface area contributed by atoms with E-state index in [4.69, 9.17) is 4.74 Å². The van der Waals surface area contributed by atoms with Gasteiger partial charge in [0.05, 0.1) is 11.2 Å². The summed E-state index contributed by atoms with van der Waals surface area (Å²) < 4.78 is 6.64. The SMILES string of the molecule is CC1(C)CC[C@@]2(CCCC[C@H]2c2ccc(C(C)(C)C)cc2)O1. The van der Waals surface area contributed by atoms with Crippen molar-refractivity contribution in [1.82, 2.24) is 0 Å². The molecule has 122 valence electrons. The zero-order valence-corrected chi connectivity index (χ0v) is 15.0. The highest BCUT2D eigenvalue weighted by Crippen LogP contribution is 2.53. The first-order valence-electron chi connectivity index (χ1n) is 9.03. The maximum Gasteiger partial charge on any atom is 0.0759 e. The van der Waals surface area contributed by atoms with E-state index in [1.807, 2.05) is 0 Å². The Morgan fingerprint density at radius 1 is 0.955 bits per heavy atom. The standard InChI is InChI=1S/C21H32O/c1-19(2,3)17-11-9-16(10-12-17)18-8-6-7-13-21(18)15-14-20(4,5)22-21/h9-12,18H,6-8,13-15H2,1-5H3/t18-,21+/m0/s1. The molecule has 1 heterocycles. The zero-order valence-electron chi connectivity index (χ0n) is 15.0. The van der Waals surface area contributed by atoms with E-state index in [0.717, 1.165) is 0 Å². The van der Waals surface area contributed by atoms with Crippen LogP contribution in [0, 0.1) is 0 Å². The zero-order chi connectivity index (χ0) is 16.0. The Morgan fingerprint density at radius 2 is 1.64 bits per heavy atom. The van der Waals surface area contributed by atoms with E-state index < -0.39 is 0 Å². The van der Waals surface area contributed by atoms with E-state index in [1.54, 1.807) is 0 Å². The summed E-state index contributed by atoms with van der Waals surface area (Å²) in [6, 6.07) is 9.40. The molecule has 0 aromatic heterocycles. The van der Waals surface area contributed by atoms with Gasteiger partial charge in [-0.05, 0) is 56.1 Å². The molecule has 2 aliphatic rings. The van der Waals surface area contributed by atoms with E-state index in [1.165, 1.54) is 49.7 Å². The minimum Gasteiger partial charge on any atom is -0.368 e. The van der Waals surface area contributed by atoms with Crippen molar-refractivity contribution in [2.24, 2.45) is 0 Å². The van der Waals surface area contributed by atoms with Crippen LogP contribution in [-0.2, 0) is 10.2 Å². The summed E-state index contributed by atoms with van der Waals surface area (Å²) in [4.78, 5) is 0. The minimum atomic E-state index is 0.0565. The molecule has 0 N–H and O–H groups in total. The van der Waals surface area contributed by atoms with Gasteiger partial charge < -0.3 is 4.74 Å². The monoisotopic (exact) mass is 300 g/mol. The molecule has 0 unspecified atom stereocenters. The van der Waals surface area contributed by atoms with Gasteiger partial charge in [0.1, 0.15) is 0 Å². The van der Waals surface area contributed by atoms with Gasteiger partial charge in [0, 0.05) is 5.92 Å². The fraction of sp³-hybridized carbons (Fsp3) is 0.714.